The molecule has 4 rings (SSSR count). The second kappa shape index (κ2) is 7.04. The minimum Gasteiger partial charge on any atom is -0.396 e. The normalized spacial score (nSPS) is 11.7. The lowest BCUT2D eigenvalue weighted by Crippen LogP contribution is -2.06. The molecule has 0 fully saturated rings. The first-order valence-corrected chi connectivity index (χ1v) is 8.47. The third kappa shape index (κ3) is 3.82. The molecule has 4 aromatic rings. The Morgan fingerprint density at radius 2 is 1.83 bits per heavy atom. The van der Waals surface area contributed by atoms with Crippen LogP contribution in [0.4, 0.5) is 29.2 Å². The van der Waals surface area contributed by atoms with E-state index in [9.17, 15) is 17.6 Å². The van der Waals surface area contributed by atoms with Crippen LogP contribution in [0.5, 0.6) is 0 Å². The van der Waals surface area contributed by atoms with Crippen molar-refractivity contribution in [3.8, 4) is 11.3 Å². The zero-order valence-corrected chi connectivity index (χ0v) is 14.8. The number of rotatable bonds is 4. The Hall–Kier alpha value is -3.69. The number of hydrogen-bond donors (Lipinski definition) is 3. The molecule has 6 nitrogen and oxygen atoms in total. The summed E-state index contributed by atoms with van der Waals surface area (Å²) in [6.45, 7) is 0.331. The van der Waals surface area contributed by atoms with Crippen molar-refractivity contribution < 1.29 is 17.6 Å². The predicted octanol–water partition coefficient (Wildman–Crippen LogP) is 4.37. The Morgan fingerprint density at radius 1 is 1.07 bits per heavy atom. The van der Waals surface area contributed by atoms with Crippen molar-refractivity contribution in [3.05, 3.63) is 65.9 Å². The first kappa shape index (κ1) is 18.7. The lowest BCUT2D eigenvalue weighted by Gasteiger charge is -2.09. The van der Waals surface area contributed by atoms with Crippen LogP contribution in [0.25, 0.3) is 22.3 Å². The standard InChI is InChI=1S/C19H14F4N6/c20-12-3-1-10(2-4-12)6-27-18-28-9-15(24)16(29-18)14-8-26-17-13(14)5-11(7-25-17)19(21,22)23/h1-5,7-9H,6,24H2,(H,25,26)(H,27,28,29). The molecule has 148 valence electrons. The highest BCUT2D eigenvalue weighted by Crippen LogP contribution is 2.35. The van der Waals surface area contributed by atoms with E-state index in [0.717, 1.165) is 17.8 Å². The first-order chi connectivity index (χ1) is 13.8. The second-order valence-corrected chi connectivity index (χ2v) is 6.30. The molecular weight excluding hydrogens is 388 g/mol. The van der Waals surface area contributed by atoms with E-state index in [1.54, 1.807) is 12.1 Å². The number of fused-ring (bicyclic) bond motifs is 1. The zero-order valence-electron chi connectivity index (χ0n) is 14.8. The summed E-state index contributed by atoms with van der Waals surface area (Å²) >= 11 is 0. The Bertz CT molecular complexity index is 1170. The van der Waals surface area contributed by atoms with Gasteiger partial charge in [-0.2, -0.15) is 13.2 Å². The molecule has 10 heteroatoms. The monoisotopic (exact) mass is 402 g/mol. The highest BCUT2D eigenvalue weighted by molar-refractivity contribution is 5.95. The number of nitrogens with two attached hydrogens (primary N) is 1. The largest absolute Gasteiger partial charge is 0.417 e. The number of halogens is 4. The highest BCUT2D eigenvalue weighted by Gasteiger charge is 2.31. The van der Waals surface area contributed by atoms with Gasteiger partial charge in [-0.05, 0) is 23.8 Å². The predicted molar refractivity (Wildman–Crippen MR) is 100 cm³/mol. The van der Waals surface area contributed by atoms with Crippen molar-refractivity contribution >= 4 is 22.7 Å². The Morgan fingerprint density at radius 3 is 2.55 bits per heavy atom. The third-order valence-corrected chi connectivity index (χ3v) is 4.29. The lowest BCUT2D eigenvalue weighted by atomic mass is 10.1. The molecule has 0 aliphatic carbocycles. The van der Waals surface area contributed by atoms with Gasteiger partial charge >= 0.3 is 6.18 Å². The van der Waals surface area contributed by atoms with Gasteiger partial charge in [0.05, 0.1) is 17.4 Å². The van der Waals surface area contributed by atoms with E-state index in [4.69, 9.17) is 5.73 Å². The number of nitrogens with one attached hydrogen (secondary N) is 2. The summed E-state index contributed by atoms with van der Waals surface area (Å²) in [5.74, 6) is -0.112. The topological polar surface area (TPSA) is 92.5 Å². The van der Waals surface area contributed by atoms with Gasteiger partial charge < -0.3 is 16.0 Å². The SMILES string of the molecule is Nc1cnc(NCc2ccc(F)cc2)nc1-c1c[nH]c2ncc(C(F)(F)F)cc12. The minimum atomic E-state index is -4.52. The molecule has 0 saturated heterocycles. The number of nitrogen functional groups attached to an aromatic ring is 1. The van der Waals surface area contributed by atoms with E-state index in [1.165, 1.54) is 24.5 Å². The molecule has 4 N–H and O–H groups in total. The van der Waals surface area contributed by atoms with Crippen LogP contribution < -0.4 is 11.1 Å². The van der Waals surface area contributed by atoms with Gasteiger partial charge in [-0.25, -0.2) is 19.3 Å². The first-order valence-electron chi connectivity index (χ1n) is 8.47. The summed E-state index contributed by atoms with van der Waals surface area (Å²) in [4.78, 5) is 15.1. The fourth-order valence-corrected chi connectivity index (χ4v) is 2.83. The Balaban J connectivity index is 1.68. The molecule has 0 unspecified atom stereocenters. The summed E-state index contributed by atoms with van der Waals surface area (Å²) < 4.78 is 52.2. The summed E-state index contributed by atoms with van der Waals surface area (Å²) in [7, 11) is 0. The number of anilines is 2. The molecule has 0 aliphatic heterocycles. The fourth-order valence-electron chi connectivity index (χ4n) is 2.83. The minimum absolute atomic E-state index is 0.204. The van der Waals surface area contributed by atoms with Crippen LogP contribution in [0.2, 0.25) is 0 Å². The van der Waals surface area contributed by atoms with E-state index in [1.807, 2.05) is 0 Å². The van der Waals surface area contributed by atoms with Gasteiger partial charge in [-0.1, -0.05) is 12.1 Å². The summed E-state index contributed by atoms with van der Waals surface area (Å²) in [5.41, 5.74) is 7.04. The molecule has 0 bridgehead atoms. The van der Waals surface area contributed by atoms with Gasteiger partial charge in [-0.3, -0.25) is 0 Å². The van der Waals surface area contributed by atoms with Crippen LogP contribution in [0.1, 0.15) is 11.1 Å². The molecule has 0 atom stereocenters. The quantitative estimate of drug-likeness (QED) is 0.441. The van der Waals surface area contributed by atoms with Crippen molar-refractivity contribution in [3.63, 3.8) is 0 Å². The van der Waals surface area contributed by atoms with Gasteiger partial charge in [-0.15, -0.1) is 0 Å². The van der Waals surface area contributed by atoms with Crippen molar-refractivity contribution in [2.75, 3.05) is 11.1 Å². The number of H-pyrrole nitrogens is 1. The van der Waals surface area contributed by atoms with E-state index in [2.05, 4.69) is 25.3 Å². The number of aromatic amines is 1. The number of benzene rings is 1. The van der Waals surface area contributed by atoms with E-state index < -0.39 is 11.7 Å². The van der Waals surface area contributed by atoms with Gasteiger partial charge in [0.1, 0.15) is 17.2 Å². The number of aromatic nitrogens is 4. The maximum absolute atomic E-state index is 13.1. The summed E-state index contributed by atoms with van der Waals surface area (Å²) in [6.07, 6.45) is -0.883. The molecular formula is C19H14F4N6. The van der Waals surface area contributed by atoms with Crippen LogP contribution in [-0.4, -0.2) is 19.9 Å². The molecule has 0 radical (unpaired) electrons. The molecule has 1 aromatic carbocycles. The van der Waals surface area contributed by atoms with Gasteiger partial charge in [0, 0.05) is 29.9 Å². The Labute approximate surface area is 161 Å². The van der Waals surface area contributed by atoms with Crippen molar-refractivity contribution in [2.45, 2.75) is 12.7 Å². The maximum Gasteiger partial charge on any atom is 0.417 e. The van der Waals surface area contributed by atoms with Crippen LogP contribution in [0.3, 0.4) is 0 Å². The number of nitrogens with zero attached hydrogens (tertiary/aromatic N) is 3. The summed E-state index contributed by atoms with van der Waals surface area (Å²) in [6, 6.07) is 6.91. The molecule has 0 spiro atoms. The van der Waals surface area contributed by atoms with Crippen molar-refractivity contribution in [1.29, 1.82) is 0 Å². The van der Waals surface area contributed by atoms with Gasteiger partial charge in [0.25, 0.3) is 0 Å². The van der Waals surface area contributed by atoms with Crippen LogP contribution >= 0.6 is 0 Å². The van der Waals surface area contributed by atoms with Crippen molar-refractivity contribution in [1.82, 2.24) is 19.9 Å². The van der Waals surface area contributed by atoms with E-state index >= 15 is 0 Å². The lowest BCUT2D eigenvalue weighted by molar-refractivity contribution is -0.137. The maximum atomic E-state index is 13.1. The number of pyridine rings is 1. The zero-order chi connectivity index (χ0) is 20.6. The highest BCUT2D eigenvalue weighted by atomic mass is 19.4. The smallest absolute Gasteiger partial charge is 0.396 e. The van der Waals surface area contributed by atoms with Crippen molar-refractivity contribution in [2.24, 2.45) is 0 Å². The summed E-state index contributed by atoms with van der Waals surface area (Å²) in [5, 5.41) is 3.23. The molecule has 3 aromatic heterocycles. The van der Waals surface area contributed by atoms with Crippen LogP contribution in [0.15, 0.2) is 48.9 Å². The van der Waals surface area contributed by atoms with Gasteiger partial charge in [0.15, 0.2) is 0 Å². The third-order valence-electron chi connectivity index (χ3n) is 4.29. The number of hydrogen-bond acceptors (Lipinski definition) is 5. The van der Waals surface area contributed by atoms with E-state index in [0.29, 0.717) is 12.1 Å². The van der Waals surface area contributed by atoms with Crippen LogP contribution in [0, 0.1) is 5.82 Å². The molecule has 0 amide bonds. The molecule has 3 heterocycles. The fraction of sp³-hybridized carbons (Fsp3) is 0.105. The average molecular weight is 402 g/mol. The second-order valence-electron chi connectivity index (χ2n) is 6.30. The van der Waals surface area contributed by atoms with E-state index in [-0.39, 0.29) is 34.2 Å². The molecule has 29 heavy (non-hydrogen) atoms. The van der Waals surface area contributed by atoms with Crippen LogP contribution in [-0.2, 0) is 12.7 Å². The average Bonchev–Trinajstić information content (AvgIpc) is 3.11. The molecule has 0 aliphatic rings. The molecule has 0 saturated carbocycles. The number of alkyl halides is 3. The van der Waals surface area contributed by atoms with Gasteiger partial charge in [0.2, 0.25) is 5.95 Å². The Kier molecular flexibility index (Phi) is 4.53.